The quantitative estimate of drug-likeness (QED) is 0.859. The van der Waals surface area contributed by atoms with Crippen LogP contribution in [-0.2, 0) is 16.8 Å². The van der Waals surface area contributed by atoms with E-state index in [-0.39, 0.29) is 23.7 Å². The summed E-state index contributed by atoms with van der Waals surface area (Å²) < 4.78 is 5.47. The Morgan fingerprint density at radius 3 is 2.27 bits per heavy atom. The molecule has 0 aliphatic heterocycles. The second-order valence-corrected chi connectivity index (χ2v) is 7.60. The van der Waals surface area contributed by atoms with Crippen LogP contribution in [0, 0.1) is 6.92 Å². The molecule has 1 aromatic heterocycles. The van der Waals surface area contributed by atoms with Gasteiger partial charge in [-0.15, -0.1) is 0 Å². The van der Waals surface area contributed by atoms with Gasteiger partial charge in [0.2, 0.25) is 5.91 Å². The van der Waals surface area contributed by atoms with Gasteiger partial charge in [-0.05, 0) is 42.2 Å². The Labute approximate surface area is 155 Å². The zero-order chi connectivity index (χ0) is 19.3. The number of hydrogen-bond acceptors (Lipinski definition) is 3. The van der Waals surface area contributed by atoms with Crippen LogP contribution in [0.15, 0.2) is 40.8 Å². The van der Waals surface area contributed by atoms with Gasteiger partial charge >= 0.3 is 0 Å². The fraction of sp³-hybridized carbons (Fsp3) is 0.429. The van der Waals surface area contributed by atoms with Gasteiger partial charge in [-0.25, -0.2) is 0 Å². The molecule has 0 aliphatic rings. The molecule has 0 fully saturated rings. The van der Waals surface area contributed by atoms with E-state index >= 15 is 0 Å². The molecule has 1 N–H and O–H groups in total. The van der Waals surface area contributed by atoms with Crippen LogP contribution in [0.3, 0.4) is 0 Å². The molecule has 2 aromatic rings. The van der Waals surface area contributed by atoms with Crippen molar-refractivity contribution in [2.75, 3.05) is 13.6 Å². The summed E-state index contributed by atoms with van der Waals surface area (Å²) in [4.78, 5) is 26.0. The van der Waals surface area contributed by atoms with Gasteiger partial charge in [-0.3, -0.25) is 9.59 Å². The number of nitrogens with one attached hydrogen (secondary N) is 1. The van der Waals surface area contributed by atoms with Crippen molar-refractivity contribution in [2.24, 2.45) is 0 Å². The Hall–Kier alpha value is -2.56. The number of rotatable bonds is 6. The van der Waals surface area contributed by atoms with Crippen molar-refractivity contribution in [3.8, 4) is 0 Å². The van der Waals surface area contributed by atoms with Crippen molar-refractivity contribution in [1.82, 2.24) is 10.2 Å². The summed E-state index contributed by atoms with van der Waals surface area (Å²) in [5.41, 5.74) is 1.84. The molecule has 1 heterocycles. The van der Waals surface area contributed by atoms with Gasteiger partial charge in [0, 0.05) is 25.6 Å². The molecule has 2 amide bonds. The van der Waals surface area contributed by atoms with Crippen LogP contribution in [0.25, 0.3) is 0 Å². The minimum atomic E-state index is -0.164. The van der Waals surface area contributed by atoms with Crippen LogP contribution < -0.4 is 5.32 Å². The lowest BCUT2D eigenvalue weighted by Gasteiger charge is -2.19. The molecular weight excluding hydrogens is 328 g/mol. The predicted molar refractivity (Wildman–Crippen MR) is 102 cm³/mol. The number of aryl methyl sites for hydroxylation is 1. The van der Waals surface area contributed by atoms with E-state index in [0.29, 0.717) is 18.7 Å². The van der Waals surface area contributed by atoms with Crippen LogP contribution in [0.2, 0.25) is 0 Å². The van der Waals surface area contributed by atoms with Crippen LogP contribution in [0.1, 0.15) is 54.6 Å². The van der Waals surface area contributed by atoms with Gasteiger partial charge in [0.15, 0.2) is 0 Å². The molecule has 0 unspecified atom stereocenters. The highest BCUT2D eigenvalue weighted by Crippen LogP contribution is 2.22. The minimum Gasteiger partial charge on any atom is -0.464 e. The molecular formula is C21H28N2O3. The van der Waals surface area contributed by atoms with Gasteiger partial charge < -0.3 is 14.6 Å². The molecule has 26 heavy (non-hydrogen) atoms. The molecule has 140 valence electrons. The Kier molecular flexibility index (Phi) is 6.24. The van der Waals surface area contributed by atoms with E-state index in [1.807, 2.05) is 43.3 Å². The number of carbonyl (C=O) groups is 2. The highest BCUT2D eigenvalue weighted by molar-refractivity contribution is 5.94. The predicted octanol–water partition coefficient (Wildman–Crippen LogP) is 3.66. The number of furan rings is 1. The van der Waals surface area contributed by atoms with E-state index in [4.69, 9.17) is 4.42 Å². The summed E-state index contributed by atoms with van der Waals surface area (Å²) in [5, 5.41) is 2.80. The Morgan fingerprint density at radius 2 is 1.73 bits per heavy atom. The first-order valence-electron chi connectivity index (χ1n) is 8.85. The molecule has 0 bridgehead atoms. The zero-order valence-electron chi connectivity index (χ0n) is 16.3. The number of benzene rings is 1. The molecule has 0 atom stereocenters. The average Bonchev–Trinajstić information content (AvgIpc) is 2.98. The molecule has 0 radical (unpaired) electrons. The zero-order valence-corrected chi connectivity index (χ0v) is 16.3. The minimum absolute atomic E-state index is 0.0394. The Balaban J connectivity index is 1.79. The fourth-order valence-electron chi connectivity index (χ4n) is 2.59. The van der Waals surface area contributed by atoms with Crippen molar-refractivity contribution in [1.29, 1.82) is 0 Å². The summed E-state index contributed by atoms with van der Waals surface area (Å²) in [7, 11) is 1.73. The largest absolute Gasteiger partial charge is 0.464 e. The van der Waals surface area contributed by atoms with E-state index < -0.39 is 0 Å². The van der Waals surface area contributed by atoms with Crippen LogP contribution in [0.5, 0.6) is 0 Å². The monoisotopic (exact) mass is 356 g/mol. The molecule has 0 saturated carbocycles. The first-order valence-corrected chi connectivity index (χ1v) is 8.85. The summed E-state index contributed by atoms with van der Waals surface area (Å²) in [6, 6.07) is 11.3. The van der Waals surface area contributed by atoms with E-state index in [2.05, 4.69) is 26.1 Å². The lowest BCUT2D eigenvalue weighted by Crippen LogP contribution is -2.31. The van der Waals surface area contributed by atoms with Crippen LogP contribution in [-0.4, -0.2) is 30.3 Å². The molecule has 0 saturated heterocycles. The summed E-state index contributed by atoms with van der Waals surface area (Å²) in [6.07, 6.45) is 0.252. The normalized spacial score (nSPS) is 11.3. The first kappa shape index (κ1) is 19.8. The van der Waals surface area contributed by atoms with E-state index in [0.717, 1.165) is 11.5 Å². The third kappa shape index (κ3) is 5.48. The van der Waals surface area contributed by atoms with Crippen molar-refractivity contribution >= 4 is 11.8 Å². The summed E-state index contributed by atoms with van der Waals surface area (Å²) >= 11 is 0. The van der Waals surface area contributed by atoms with E-state index in [1.54, 1.807) is 11.9 Å². The van der Waals surface area contributed by atoms with Crippen molar-refractivity contribution in [2.45, 2.75) is 46.1 Å². The molecule has 0 spiro atoms. The average molecular weight is 356 g/mol. The van der Waals surface area contributed by atoms with E-state index in [1.165, 1.54) is 5.56 Å². The highest BCUT2D eigenvalue weighted by atomic mass is 16.3. The number of amides is 2. The molecule has 5 heteroatoms. The standard InChI is InChI=1S/C21H28N2O3/c1-15-6-11-18(26-15)14-23(5)19(24)12-13-22-20(25)16-7-9-17(10-8-16)21(2,3)4/h6-11H,12-14H2,1-5H3,(H,22,25). The smallest absolute Gasteiger partial charge is 0.251 e. The number of carbonyl (C=O) groups excluding carboxylic acids is 2. The maximum Gasteiger partial charge on any atom is 0.251 e. The van der Waals surface area contributed by atoms with Gasteiger partial charge in [0.25, 0.3) is 5.91 Å². The summed E-state index contributed by atoms with van der Waals surface area (Å²) in [6.45, 7) is 9.00. The van der Waals surface area contributed by atoms with Gasteiger partial charge in [0.05, 0.1) is 6.54 Å². The van der Waals surface area contributed by atoms with Crippen LogP contribution >= 0.6 is 0 Å². The molecule has 1 aromatic carbocycles. The lowest BCUT2D eigenvalue weighted by atomic mass is 9.87. The molecule has 0 aliphatic carbocycles. The molecule has 5 nitrogen and oxygen atoms in total. The maximum atomic E-state index is 12.2. The van der Waals surface area contributed by atoms with Gasteiger partial charge in [0.1, 0.15) is 11.5 Å². The van der Waals surface area contributed by atoms with Crippen molar-refractivity contribution < 1.29 is 14.0 Å². The third-order valence-electron chi connectivity index (χ3n) is 4.25. The lowest BCUT2D eigenvalue weighted by molar-refractivity contribution is -0.130. The second kappa shape index (κ2) is 8.21. The topological polar surface area (TPSA) is 62.6 Å². The fourth-order valence-corrected chi connectivity index (χ4v) is 2.59. The van der Waals surface area contributed by atoms with Crippen molar-refractivity contribution in [3.63, 3.8) is 0 Å². The van der Waals surface area contributed by atoms with Crippen LogP contribution in [0.4, 0.5) is 0 Å². The second-order valence-electron chi connectivity index (χ2n) is 7.60. The van der Waals surface area contributed by atoms with Crippen molar-refractivity contribution in [3.05, 3.63) is 59.0 Å². The highest BCUT2D eigenvalue weighted by Gasteiger charge is 2.15. The number of nitrogens with zero attached hydrogens (tertiary/aromatic N) is 1. The first-order chi connectivity index (χ1) is 12.2. The Bertz CT molecular complexity index is 754. The maximum absolute atomic E-state index is 12.2. The summed E-state index contributed by atoms with van der Waals surface area (Å²) in [5.74, 6) is 1.37. The Morgan fingerprint density at radius 1 is 1.08 bits per heavy atom. The van der Waals surface area contributed by atoms with Gasteiger partial charge in [-0.1, -0.05) is 32.9 Å². The number of hydrogen-bond donors (Lipinski definition) is 1. The van der Waals surface area contributed by atoms with E-state index in [9.17, 15) is 9.59 Å². The molecule has 2 rings (SSSR count). The third-order valence-corrected chi connectivity index (χ3v) is 4.25. The van der Waals surface area contributed by atoms with Gasteiger partial charge in [-0.2, -0.15) is 0 Å². The SMILES string of the molecule is Cc1ccc(CN(C)C(=O)CCNC(=O)c2ccc(C(C)(C)C)cc2)o1.